The maximum absolute atomic E-state index is 10.9. The second-order valence-electron chi connectivity index (χ2n) is 2.56. The number of carbonyl (C=O) groups excluding carboxylic acids is 1. The van der Waals surface area contributed by atoms with Crippen LogP contribution in [0.15, 0.2) is 16.9 Å². The molecule has 0 spiro atoms. The fraction of sp³-hybridized carbons (Fsp3) is 0.250. The normalized spacial score (nSPS) is 9.62. The Bertz CT molecular complexity index is 370. The van der Waals surface area contributed by atoms with E-state index in [4.69, 9.17) is 5.73 Å². The van der Waals surface area contributed by atoms with Crippen molar-refractivity contribution in [1.29, 1.82) is 0 Å². The van der Waals surface area contributed by atoms with Crippen LogP contribution in [0.4, 0.5) is 5.82 Å². The molecule has 1 rings (SSSR count). The Balaban J connectivity index is 2.89. The predicted molar refractivity (Wildman–Crippen MR) is 47.2 cm³/mol. The number of esters is 1. The van der Waals surface area contributed by atoms with Gasteiger partial charge in [0.1, 0.15) is 5.82 Å². The summed E-state index contributed by atoms with van der Waals surface area (Å²) < 4.78 is 4.44. The van der Waals surface area contributed by atoms with Crippen molar-refractivity contribution < 1.29 is 9.53 Å². The average molecular weight is 182 g/mol. The van der Waals surface area contributed by atoms with Crippen molar-refractivity contribution in [2.45, 2.75) is 6.42 Å². The van der Waals surface area contributed by atoms with Crippen LogP contribution in [-0.2, 0) is 16.0 Å². The van der Waals surface area contributed by atoms with Gasteiger partial charge in [-0.1, -0.05) is 0 Å². The minimum absolute atomic E-state index is 0.0601. The molecular weight excluding hydrogens is 172 g/mol. The van der Waals surface area contributed by atoms with Crippen LogP contribution in [0.5, 0.6) is 0 Å². The molecule has 0 atom stereocenters. The summed E-state index contributed by atoms with van der Waals surface area (Å²) in [6.45, 7) is 0. The first kappa shape index (κ1) is 9.31. The van der Waals surface area contributed by atoms with Crippen LogP contribution in [-0.4, -0.2) is 18.1 Å². The van der Waals surface area contributed by atoms with Gasteiger partial charge in [-0.05, 0) is 11.6 Å². The molecule has 1 heterocycles. The molecule has 13 heavy (non-hydrogen) atoms. The minimum atomic E-state index is -0.398. The number of anilines is 1. The Labute approximate surface area is 74.5 Å². The van der Waals surface area contributed by atoms with Gasteiger partial charge in [-0.25, -0.2) is 0 Å². The number of aromatic nitrogens is 1. The molecule has 0 aliphatic rings. The third-order valence-electron chi connectivity index (χ3n) is 1.50. The molecule has 5 heteroatoms. The number of hydrogen-bond acceptors (Lipinski definition) is 4. The number of pyridine rings is 1. The Morgan fingerprint density at radius 1 is 1.62 bits per heavy atom. The quantitative estimate of drug-likeness (QED) is 0.613. The van der Waals surface area contributed by atoms with E-state index in [1.807, 2.05) is 0 Å². The fourth-order valence-corrected chi connectivity index (χ4v) is 0.965. The monoisotopic (exact) mass is 182 g/mol. The third-order valence-corrected chi connectivity index (χ3v) is 1.50. The average Bonchev–Trinajstić information content (AvgIpc) is 2.02. The first-order valence-electron chi connectivity index (χ1n) is 3.67. The van der Waals surface area contributed by atoms with E-state index in [1.54, 1.807) is 0 Å². The summed E-state index contributed by atoms with van der Waals surface area (Å²) in [4.78, 5) is 24.1. The van der Waals surface area contributed by atoms with E-state index in [0.29, 0.717) is 5.56 Å². The van der Waals surface area contributed by atoms with Crippen LogP contribution in [0.2, 0.25) is 0 Å². The summed E-state index contributed by atoms with van der Waals surface area (Å²) in [5, 5.41) is 0. The lowest BCUT2D eigenvalue weighted by Gasteiger charge is -1.99. The van der Waals surface area contributed by atoms with E-state index in [9.17, 15) is 9.59 Å². The van der Waals surface area contributed by atoms with Gasteiger partial charge in [0.2, 0.25) is 5.56 Å². The molecule has 0 amide bonds. The van der Waals surface area contributed by atoms with Crippen LogP contribution in [0.1, 0.15) is 5.56 Å². The first-order valence-corrected chi connectivity index (χ1v) is 3.67. The molecule has 0 bridgehead atoms. The SMILES string of the molecule is COC(=O)Cc1cc(N)[nH]c(=O)c1. The van der Waals surface area contributed by atoms with E-state index in [2.05, 4.69) is 9.72 Å². The zero-order valence-corrected chi connectivity index (χ0v) is 7.16. The number of nitrogen functional groups attached to an aromatic ring is 1. The highest BCUT2D eigenvalue weighted by Crippen LogP contribution is 2.01. The number of hydrogen-bond donors (Lipinski definition) is 2. The van der Waals surface area contributed by atoms with Crippen LogP contribution in [0, 0.1) is 0 Å². The van der Waals surface area contributed by atoms with Gasteiger partial charge < -0.3 is 15.5 Å². The molecule has 70 valence electrons. The second kappa shape index (κ2) is 3.75. The summed E-state index contributed by atoms with van der Waals surface area (Å²) in [5.74, 6) is -0.156. The zero-order chi connectivity index (χ0) is 9.84. The molecule has 0 radical (unpaired) electrons. The standard InChI is InChI=1S/C8H10N2O3/c1-13-8(12)4-5-2-6(9)10-7(11)3-5/h2-3H,4H2,1H3,(H3,9,10,11). The van der Waals surface area contributed by atoms with Crippen LogP contribution in [0.3, 0.4) is 0 Å². The Hall–Kier alpha value is -1.78. The highest BCUT2D eigenvalue weighted by molar-refractivity contribution is 5.72. The van der Waals surface area contributed by atoms with Crippen molar-refractivity contribution in [2.24, 2.45) is 0 Å². The second-order valence-corrected chi connectivity index (χ2v) is 2.56. The topological polar surface area (TPSA) is 85.2 Å². The van der Waals surface area contributed by atoms with Gasteiger partial charge in [-0.3, -0.25) is 9.59 Å². The van der Waals surface area contributed by atoms with Gasteiger partial charge in [0, 0.05) is 6.07 Å². The summed E-state index contributed by atoms with van der Waals surface area (Å²) in [6.07, 6.45) is 0.0601. The lowest BCUT2D eigenvalue weighted by atomic mass is 10.2. The summed E-state index contributed by atoms with van der Waals surface area (Å²) in [5.41, 5.74) is 5.60. The van der Waals surface area contributed by atoms with Crippen molar-refractivity contribution in [2.75, 3.05) is 12.8 Å². The first-order chi connectivity index (χ1) is 6.11. The van der Waals surface area contributed by atoms with Gasteiger partial charge in [-0.2, -0.15) is 0 Å². The lowest BCUT2D eigenvalue weighted by Crippen LogP contribution is -2.12. The van der Waals surface area contributed by atoms with E-state index in [1.165, 1.54) is 19.2 Å². The Kier molecular flexibility index (Phi) is 2.69. The van der Waals surface area contributed by atoms with Crippen LogP contribution >= 0.6 is 0 Å². The Morgan fingerprint density at radius 2 is 2.31 bits per heavy atom. The number of aromatic amines is 1. The van der Waals surface area contributed by atoms with E-state index in [0.717, 1.165) is 0 Å². The number of methoxy groups -OCH3 is 1. The van der Waals surface area contributed by atoms with Gasteiger partial charge in [0.15, 0.2) is 0 Å². The number of H-pyrrole nitrogens is 1. The van der Waals surface area contributed by atoms with Gasteiger partial charge in [0.25, 0.3) is 0 Å². The van der Waals surface area contributed by atoms with Crippen molar-refractivity contribution >= 4 is 11.8 Å². The van der Waals surface area contributed by atoms with Crippen LogP contribution < -0.4 is 11.3 Å². The van der Waals surface area contributed by atoms with Crippen molar-refractivity contribution in [3.05, 3.63) is 28.0 Å². The number of rotatable bonds is 2. The molecule has 0 aliphatic heterocycles. The molecule has 0 fully saturated rings. The molecule has 1 aromatic rings. The maximum atomic E-state index is 10.9. The van der Waals surface area contributed by atoms with Crippen molar-refractivity contribution in [1.82, 2.24) is 4.98 Å². The molecule has 0 aliphatic carbocycles. The fourth-order valence-electron chi connectivity index (χ4n) is 0.965. The molecular formula is C8H10N2O3. The zero-order valence-electron chi connectivity index (χ0n) is 7.16. The highest BCUT2D eigenvalue weighted by Gasteiger charge is 2.03. The minimum Gasteiger partial charge on any atom is -0.469 e. The molecule has 1 aromatic heterocycles. The number of ether oxygens (including phenoxy) is 1. The van der Waals surface area contributed by atoms with Crippen molar-refractivity contribution in [3.63, 3.8) is 0 Å². The predicted octanol–water partition coefficient (Wildman–Crippen LogP) is -0.327. The largest absolute Gasteiger partial charge is 0.469 e. The summed E-state index contributed by atoms with van der Waals surface area (Å²) in [6, 6.07) is 2.84. The lowest BCUT2D eigenvalue weighted by molar-refractivity contribution is -0.139. The molecule has 0 aromatic carbocycles. The highest BCUT2D eigenvalue weighted by atomic mass is 16.5. The van der Waals surface area contributed by atoms with Crippen LogP contribution in [0.25, 0.3) is 0 Å². The van der Waals surface area contributed by atoms with Gasteiger partial charge in [-0.15, -0.1) is 0 Å². The van der Waals surface area contributed by atoms with Crippen molar-refractivity contribution in [3.8, 4) is 0 Å². The number of nitrogens with one attached hydrogen (secondary N) is 1. The van der Waals surface area contributed by atoms with E-state index >= 15 is 0 Å². The molecule has 5 nitrogen and oxygen atoms in total. The van der Waals surface area contributed by atoms with Gasteiger partial charge in [0.05, 0.1) is 13.5 Å². The third kappa shape index (κ3) is 2.62. The van der Waals surface area contributed by atoms with Gasteiger partial charge >= 0.3 is 5.97 Å². The summed E-state index contributed by atoms with van der Waals surface area (Å²) in [7, 11) is 1.29. The molecule has 0 unspecified atom stereocenters. The number of nitrogens with two attached hydrogens (primary N) is 1. The number of carbonyl (C=O) groups is 1. The van der Waals surface area contributed by atoms with E-state index in [-0.39, 0.29) is 17.8 Å². The van der Waals surface area contributed by atoms with E-state index < -0.39 is 5.97 Å². The molecule has 0 saturated carbocycles. The molecule has 0 saturated heterocycles. The maximum Gasteiger partial charge on any atom is 0.309 e. The Morgan fingerprint density at radius 3 is 2.85 bits per heavy atom. The molecule has 3 N–H and O–H groups in total. The summed E-state index contributed by atoms with van der Waals surface area (Å²) >= 11 is 0. The smallest absolute Gasteiger partial charge is 0.309 e.